The maximum absolute atomic E-state index is 12.2. The topological polar surface area (TPSA) is 80.5 Å². The number of piperidine rings is 1. The van der Waals surface area contributed by atoms with Gasteiger partial charge in [0.05, 0.1) is 7.11 Å². The van der Waals surface area contributed by atoms with E-state index in [2.05, 4.69) is 33.3 Å². The number of rotatable bonds is 9. The fourth-order valence-corrected chi connectivity index (χ4v) is 3.55. The summed E-state index contributed by atoms with van der Waals surface area (Å²) in [6, 6.07) is 8.37. The molecule has 2 heterocycles. The number of nitrogens with one attached hydrogen (secondary N) is 1. The Kier molecular flexibility index (Phi) is 7.42. The highest BCUT2D eigenvalue weighted by atomic mass is 16.5. The van der Waals surface area contributed by atoms with Crippen LogP contribution >= 0.6 is 0 Å². The molecular weight excluding hydrogens is 356 g/mol. The van der Waals surface area contributed by atoms with E-state index in [0.29, 0.717) is 18.7 Å². The van der Waals surface area contributed by atoms with Crippen molar-refractivity contribution in [3.05, 3.63) is 41.5 Å². The predicted molar refractivity (Wildman–Crippen MR) is 106 cm³/mol. The molecule has 7 heteroatoms. The molecule has 1 aliphatic rings. The molecule has 0 spiro atoms. The van der Waals surface area contributed by atoms with Gasteiger partial charge in [-0.05, 0) is 25.3 Å². The fraction of sp³-hybridized carbons (Fsp3) is 0.571. The van der Waals surface area contributed by atoms with Crippen LogP contribution in [0.4, 0.5) is 0 Å². The number of aromatic nitrogens is 2. The van der Waals surface area contributed by atoms with Crippen LogP contribution in [0.3, 0.4) is 0 Å². The van der Waals surface area contributed by atoms with E-state index in [0.717, 1.165) is 56.9 Å². The molecule has 0 atom stereocenters. The Labute approximate surface area is 166 Å². The Hall–Kier alpha value is -2.41. The molecule has 1 aromatic heterocycles. The van der Waals surface area contributed by atoms with E-state index in [4.69, 9.17) is 9.26 Å². The molecule has 1 amide bonds. The minimum atomic E-state index is 0.0541. The second-order valence-electron chi connectivity index (χ2n) is 7.28. The number of hydrogen-bond donors (Lipinski definition) is 1. The van der Waals surface area contributed by atoms with E-state index in [-0.39, 0.29) is 11.9 Å². The van der Waals surface area contributed by atoms with E-state index < -0.39 is 0 Å². The number of carbonyl (C=O) groups excluding carboxylic acids is 1. The first-order chi connectivity index (χ1) is 13.7. The fourth-order valence-electron chi connectivity index (χ4n) is 3.55. The van der Waals surface area contributed by atoms with Gasteiger partial charge >= 0.3 is 0 Å². The summed E-state index contributed by atoms with van der Waals surface area (Å²) in [7, 11) is 1.71. The normalized spacial score (nSPS) is 15.5. The Bertz CT molecular complexity index is 754. The Morgan fingerprint density at radius 1 is 1.29 bits per heavy atom. The minimum absolute atomic E-state index is 0.0541. The van der Waals surface area contributed by atoms with Crippen LogP contribution in [0.5, 0.6) is 5.75 Å². The third-order valence-corrected chi connectivity index (χ3v) is 5.09. The summed E-state index contributed by atoms with van der Waals surface area (Å²) < 4.78 is 10.6. The first-order valence-corrected chi connectivity index (χ1v) is 10.1. The zero-order valence-electron chi connectivity index (χ0n) is 16.8. The zero-order valence-corrected chi connectivity index (χ0v) is 16.8. The summed E-state index contributed by atoms with van der Waals surface area (Å²) in [6.45, 7) is 4.88. The Morgan fingerprint density at radius 3 is 2.82 bits per heavy atom. The largest absolute Gasteiger partial charge is 0.496 e. The summed E-state index contributed by atoms with van der Waals surface area (Å²) in [4.78, 5) is 19.0. The van der Waals surface area contributed by atoms with E-state index >= 15 is 0 Å². The molecule has 1 saturated heterocycles. The quantitative estimate of drug-likeness (QED) is 0.714. The van der Waals surface area contributed by atoms with E-state index in [9.17, 15) is 4.79 Å². The SMILES string of the molecule is CCCc1noc(CCC(=O)NC2CCN(Cc3ccccc3OC)CC2)n1. The minimum Gasteiger partial charge on any atom is -0.496 e. The van der Waals surface area contributed by atoms with Crippen molar-refractivity contribution in [3.63, 3.8) is 0 Å². The lowest BCUT2D eigenvalue weighted by atomic mass is 10.0. The van der Waals surface area contributed by atoms with Crippen LogP contribution in [0.2, 0.25) is 0 Å². The van der Waals surface area contributed by atoms with Gasteiger partial charge < -0.3 is 14.6 Å². The van der Waals surface area contributed by atoms with Gasteiger partial charge in [0.1, 0.15) is 5.75 Å². The molecule has 3 rings (SSSR count). The summed E-state index contributed by atoms with van der Waals surface area (Å²) in [6.07, 6.45) is 4.59. The lowest BCUT2D eigenvalue weighted by Crippen LogP contribution is -2.44. The summed E-state index contributed by atoms with van der Waals surface area (Å²) in [5, 5.41) is 7.07. The van der Waals surface area contributed by atoms with Gasteiger partial charge in [0.15, 0.2) is 5.82 Å². The van der Waals surface area contributed by atoms with Gasteiger partial charge in [0.25, 0.3) is 0 Å². The molecule has 0 saturated carbocycles. The maximum atomic E-state index is 12.2. The van der Waals surface area contributed by atoms with Crippen LogP contribution in [-0.2, 0) is 24.2 Å². The van der Waals surface area contributed by atoms with Crippen LogP contribution in [-0.4, -0.2) is 47.2 Å². The maximum Gasteiger partial charge on any atom is 0.227 e. The van der Waals surface area contributed by atoms with Crippen molar-refractivity contribution < 1.29 is 14.1 Å². The van der Waals surface area contributed by atoms with E-state index in [1.165, 1.54) is 5.56 Å². The molecule has 7 nitrogen and oxygen atoms in total. The van der Waals surface area contributed by atoms with Crippen LogP contribution in [0, 0.1) is 0 Å². The van der Waals surface area contributed by atoms with Gasteiger partial charge in [-0.1, -0.05) is 30.3 Å². The lowest BCUT2D eigenvalue weighted by molar-refractivity contribution is -0.122. The number of ether oxygens (including phenoxy) is 1. The third-order valence-electron chi connectivity index (χ3n) is 5.09. The van der Waals surface area contributed by atoms with Crippen molar-refractivity contribution in [2.45, 2.75) is 58.0 Å². The number of aryl methyl sites for hydroxylation is 2. The molecule has 1 fully saturated rings. The van der Waals surface area contributed by atoms with Crippen LogP contribution < -0.4 is 10.1 Å². The van der Waals surface area contributed by atoms with Gasteiger partial charge in [-0.25, -0.2) is 0 Å². The smallest absolute Gasteiger partial charge is 0.227 e. The van der Waals surface area contributed by atoms with Gasteiger partial charge in [-0.2, -0.15) is 4.98 Å². The second-order valence-corrected chi connectivity index (χ2v) is 7.28. The highest BCUT2D eigenvalue weighted by molar-refractivity contribution is 5.76. The number of hydrogen-bond acceptors (Lipinski definition) is 6. The van der Waals surface area contributed by atoms with Crippen molar-refractivity contribution in [1.82, 2.24) is 20.4 Å². The number of benzene rings is 1. The molecule has 1 N–H and O–H groups in total. The molecule has 0 bridgehead atoms. The molecule has 2 aromatic rings. The standard InChI is InChI=1S/C21H30N4O3/c1-3-6-19-23-21(28-24-19)10-9-20(26)22-17-11-13-25(14-12-17)15-16-7-4-5-8-18(16)27-2/h4-5,7-8,17H,3,6,9-15H2,1-2H3,(H,22,26). The molecule has 0 aliphatic carbocycles. The number of carbonyl (C=O) groups is 1. The van der Waals surface area contributed by atoms with Gasteiger partial charge in [-0.15, -0.1) is 0 Å². The Balaban J connectivity index is 1.38. The molecular formula is C21H30N4O3. The van der Waals surface area contributed by atoms with Gasteiger partial charge in [0, 0.05) is 50.5 Å². The lowest BCUT2D eigenvalue weighted by Gasteiger charge is -2.32. The molecule has 1 aromatic carbocycles. The van der Waals surface area contributed by atoms with Crippen molar-refractivity contribution in [3.8, 4) is 5.75 Å². The number of nitrogens with zero attached hydrogens (tertiary/aromatic N) is 3. The van der Waals surface area contributed by atoms with E-state index in [1.807, 2.05) is 18.2 Å². The Morgan fingerprint density at radius 2 is 2.07 bits per heavy atom. The van der Waals surface area contributed by atoms with Crippen molar-refractivity contribution in [2.24, 2.45) is 0 Å². The van der Waals surface area contributed by atoms with Crippen LogP contribution in [0.1, 0.15) is 49.9 Å². The van der Waals surface area contributed by atoms with Crippen molar-refractivity contribution in [1.29, 1.82) is 0 Å². The van der Waals surface area contributed by atoms with Gasteiger partial charge in [0.2, 0.25) is 11.8 Å². The highest BCUT2D eigenvalue weighted by Gasteiger charge is 2.21. The highest BCUT2D eigenvalue weighted by Crippen LogP contribution is 2.21. The van der Waals surface area contributed by atoms with E-state index in [1.54, 1.807) is 7.11 Å². The monoisotopic (exact) mass is 386 g/mol. The molecule has 0 unspecified atom stereocenters. The number of likely N-dealkylation sites (tertiary alicyclic amines) is 1. The molecule has 28 heavy (non-hydrogen) atoms. The molecule has 1 aliphatic heterocycles. The van der Waals surface area contributed by atoms with Crippen LogP contribution in [0.15, 0.2) is 28.8 Å². The summed E-state index contributed by atoms with van der Waals surface area (Å²) >= 11 is 0. The summed E-state index contributed by atoms with van der Waals surface area (Å²) in [5.41, 5.74) is 1.20. The summed E-state index contributed by atoms with van der Waals surface area (Å²) in [5.74, 6) is 2.25. The average molecular weight is 386 g/mol. The molecule has 152 valence electrons. The number of methoxy groups -OCH3 is 1. The van der Waals surface area contributed by atoms with Gasteiger partial charge in [-0.3, -0.25) is 9.69 Å². The second kappa shape index (κ2) is 10.2. The predicted octanol–water partition coefficient (Wildman–Crippen LogP) is 2.74. The van der Waals surface area contributed by atoms with Crippen molar-refractivity contribution in [2.75, 3.05) is 20.2 Å². The third kappa shape index (κ3) is 5.79. The first kappa shape index (κ1) is 20.3. The van der Waals surface area contributed by atoms with Crippen LogP contribution in [0.25, 0.3) is 0 Å². The number of para-hydroxylation sites is 1. The molecule has 0 radical (unpaired) electrons. The zero-order chi connectivity index (χ0) is 19.8. The first-order valence-electron chi connectivity index (χ1n) is 10.1. The number of amides is 1. The van der Waals surface area contributed by atoms with Crippen molar-refractivity contribution >= 4 is 5.91 Å². The average Bonchev–Trinajstić information content (AvgIpc) is 3.16.